The summed E-state index contributed by atoms with van der Waals surface area (Å²) in [5.74, 6) is 0.926. The minimum atomic E-state index is -0.0577. The van der Waals surface area contributed by atoms with Crippen molar-refractivity contribution in [2.75, 3.05) is 44.3 Å². The number of benzene rings is 1. The van der Waals surface area contributed by atoms with Gasteiger partial charge in [0.1, 0.15) is 5.82 Å². The largest absolute Gasteiger partial charge is 0.378 e. The van der Waals surface area contributed by atoms with Crippen molar-refractivity contribution < 1.29 is 14.3 Å². The van der Waals surface area contributed by atoms with Crippen LogP contribution in [0.25, 0.3) is 6.08 Å². The van der Waals surface area contributed by atoms with Crippen LogP contribution in [0.2, 0.25) is 0 Å². The number of nitrogens with zero attached hydrogens (tertiary/aromatic N) is 3. The molecule has 1 aromatic carbocycles. The van der Waals surface area contributed by atoms with Gasteiger partial charge in [0.25, 0.3) is 0 Å². The van der Waals surface area contributed by atoms with Crippen molar-refractivity contribution >= 4 is 23.7 Å². The number of piperidine rings is 1. The molecule has 2 fully saturated rings. The standard InChI is InChI=1S/C25H30N4O3/c30-24(7-6-20-4-2-1-3-5-20)29-12-9-22(10-13-29)25(31)27-19-21-8-11-26-23(18-21)28-14-16-32-17-15-28/h1-8,11,18,22H,9-10,12-17,19H2,(H,27,31)/b7-6+. The molecule has 0 spiro atoms. The van der Waals surface area contributed by atoms with Crippen LogP contribution in [0.15, 0.2) is 54.7 Å². The average Bonchev–Trinajstić information content (AvgIpc) is 2.87. The second kappa shape index (κ2) is 10.9. The molecular formula is C25H30N4O3. The Morgan fingerprint density at radius 2 is 1.81 bits per heavy atom. The van der Waals surface area contributed by atoms with Crippen LogP contribution in [0.1, 0.15) is 24.0 Å². The fourth-order valence-corrected chi connectivity index (χ4v) is 4.07. The van der Waals surface area contributed by atoms with Crippen molar-refractivity contribution in [3.8, 4) is 0 Å². The number of hydrogen-bond donors (Lipinski definition) is 1. The van der Waals surface area contributed by atoms with Crippen LogP contribution in [-0.4, -0.2) is 61.1 Å². The summed E-state index contributed by atoms with van der Waals surface area (Å²) < 4.78 is 5.40. The molecule has 0 aliphatic carbocycles. The number of anilines is 1. The topological polar surface area (TPSA) is 74.8 Å². The van der Waals surface area contributed by atoms with E-state index in [0.717, 1.165) is 30.0 Å². The Morgan fingerprint density at radius 3 is 2.56 bits per heavy atom. The Kier molecular flexibility index (Phi) is 7.51. The van der Waals surface area contributed by atoms with E-state index in [1.807, 2.05) is 53.4 Å². The van der Waals surface area contributed by atoms with Gasteiger partial charge in [0.05, 0.1) is 13.2 Å². The van der Waals surface area contributed by atoms with Crippen LogP contribution in [0.3, 0.4) is 0 Å². The van der Waals surface area contributed by atoms with Gasteiger partial charge < -0.3 is 19.9 Å². The van der Waals surface area contributed by atoms with Crippen LogP contribution in [-0.2, 0) is 20.9 Å². The minimum absolute atomic E-state index is 0.000129. The molecule has 0 saturated carbocycles. The lowest BCUT2D eigenvalue weighted by Crippen LogP contribution is -2.42. The summed E-state index contributed by atoms with van der Waals surface area (Å²) in [6.07, 6.45) is 6.61. The third-order valence-electron chi connectivity index (χ3n) is 6.01. The molecule has 32 heavy (non-hydrogen) atoms. The quantitative estimate of drug-likeness (QED) is 0.707. The zero-order valence-electron chi connectivity index (χ0n) is 18.3. The number of morpholine rings is 1. The predicted molar refractivity (Wildman–Crippen MR) is 124 cm³/mol. The summed E-state index contributed by atoms with van der Waals surface area (Å²) in [6.45, 7) is 4.79. The van der Waals surface area contributed by atoms with Gasteiger partial charge in [-0.05, 0) is 42.2 Å². The van der Waals surface area contributed by atoms with Gasteiger partial charge in [-0.15, -0.1) is 0 Å². The molecule has 2 aromatic rings. The highest BCUT2D eigenvalue weighted by atomic mass is 16.5. The van der Waals surface area contributed by atoms with E-state index in [9.17, 15) is 9.59 Å². The predicted octanol–water partition coefficient (Wildman–Crippen LogP) is 2.49. The van der Waals surface area contributed by atoms with Gasteiger partial charge in [-0.1, -0.05) is 30.3 Å². The first kappa shape index (κ1) is 22.0. The minimum Gasteiger partial charge on any atom is -0.378 e. The molecule has 3 heterocycles. The number of amides is 2. The molecule has 0 atom stereocenters. The van der Waals surface area contributed by atoms with E-state index in [4.69, 9.17) is 4.74 Å². The molecule has 0 unspecified atom stereocenters. The van der Waals surface area contributed by atoms with E-state index in [1.54, 1.807) is 12.3 Å². The Hall–Kier alpha value is -3.19. The number of carbonyl (C=O) groups is 2. The Balaban J connectivity index is 1.22. The lowest BCUT2D eigenvalue weighted by Gasteiger charge is -2.30. The van der Waals surface area contributed by atoms with Crippen molar-refractivity contribution in [3.05, 3.63) is 65.9 Å². The lowest BCUT2D eigenvalue weighted by atomic mass is 9.95. The lowest BCUT2D eigenvalue weighted by molar-refractivity contribution is -0.132. The average molecular weight is 435 g/mol. The molecular weight excluding hydrogens is 404 g/mol. The maximum Gasteiger partial charge on any atom is 0.246 e. The number of aromatic nitrogens is 1. The molecule has 2 aliphatic heterocycles. The number of rotatable bonds is 6. The van der Waals surface area contributed by atoms with E-state index in [0.29, 0.717) is 45.7 Å². The van der Waals surface area contributed by atoms with Gasteiger partial charge in [-0.2, -0.15) is 0 Å². The van der Waals surface area contributed by atoms with Crippen molar-refractivity contribution in [1.82, 2.24) is 15.2 Å². The number of nitrogens with one attached hydrogen (secondary N) is 1. The van der Waals surface area contributed by atoms with E-state index >= 15 is 0 Å². The Bertz CT molecular complexity index is 933. The fourth-order valence-electron chi connectivity index (χ4n) is 4.07. The summed E-state index contributed by atoms with van der Waals surface area (Å²) in [5.41, 5.74) is 2.04. The summed E-state index contributed by atoms with van der Waals surface area (Å²) in [7, 11) is 0. The van der Waals surface area contributed by atoms with Gasteiger partial charge in [0.15, 0.2) is 0 Å². The van der Waals surface area contributed by atoms with Crippen molar-refractivity contribution in [1.29, 1.82) is 0 Å². The molecule has 1 N–H and O–H groups in total. The molecule has 168 valence electrons. The van der Waals surface area contributed by atoms with Gasteiger partial charge >= 0.3 is 0 Å². The summed E-state index contributed by atoms with van der Waals surface area (Å²) in [6, 6.07) is 13.7. The molecule has 0 bridgehead atoms. The first-order valence-electron chi connectivity index (χ1n) is 11.3. The summed E-state index contributed by atoms with van der Waals surface area (Å²) in [4.78, 5) is 33.6. The molecule has 7 heteroatoms. The van der Waals surface area contributed by atoms with Crippen LogP contribution < -0.4 is 10.2 Å². The zero-order valence-corrected chi connectivity index (χ0v) is 18.3. The van der Waals surface area contributed by atoms with E-state index < -0.39 is 0 Å². The number of likely N-dealkylation sites (tertiary alicyclic amines) is 1. The van der Waals surface area contributed by atoms with Gasteiger partial charge in [-0.25, -0.2) is 4.98 Å². The number of ether oxygens (including phenoxy) is 1. The first-order valence-corrected chi connectivity index (χ1v) is 11.3. The maximum absolute atomic E-state index is 12.7. The highest BCUT2D eigenvalue weighted by molar-refractivity contribution is 5.92. The van der Waals surface area contributed by atoms with Crippen LogP contribution in [0, 0.1) is 5.92 Å². The molecule has 2 saturated heterocycles. The molecule has 2 aliphatic rings. The molecule has 2 amide bonds. The molecule has 1 aromatic heterocycles. The summed E-state index contributed by atoms with van der Waals surface area (Å²) >= 11 is 0. The number of hydrogen-bond acceptors (Lipinski definition) is 5. The van der Waals surface area contributed by atoms with Crippen molar-refractivity contribution in [2.24, 2.45) is 5.92 Å². The molecule has 7 nitrogen and oxygen atoms in total. The molecule has 0 radical (unpaired) electrons. The van der Waals surface area contributed by atoms with E-state index in [2.05, 4.69) is 15.2 Å². The van der Waals surface area contributed by atoms with Gasteiger partial charge in [-0.3, -0.25) is 9.59 Å². The second-order valence-electron chi connectivity index (χ2n) is 8.18. The smallest absolute Gasteiger partial charge is 0.246 e. The normalized spacial score (nSPS) is 17.5. The number of carbonyl (C=O) groups excluding carboxylic acids is 2. The van der Waals surface area contributed by atoms with Crippen molar-refractivity contribution in [3.63, 3.8) is 0 Å². The SMILES string of the molecule is O=C(NCc1ccnc(N2CCOCC2)c1)C1CCN(C(=O)/C=C/c2ccccc2)CC1. The van der Waals surface area contributed by atoms with E-state index in [-0.39, 0.29) is 17.7 Å². The Morgan fingerprint density at radius 1 is 1.06 bits per heavy atom. The third kappa shape index (κ3) is 5.95. The highest BCUT2D eigenvalue weighted by Crippen LogP contribution is 2.19. The summed E-state index contributed by atoms with van der Waals surface area (Å²) in [5, 5.41) is 3.06. The monoisotopic (exact) mass is 434 g/mol. The van der Waals surface area contributed by atoms with Crippen LogP contribution >= 0.6 is 0 Å². The van der Waals surface area contributed by atoms with Crippen LogP contribution in [0.5, 0.6) is 0 Å². The zero-order chi connectivity index (χ0) is 22.2. The Labute approximate surface area is 189 Å². The van der Waals surface area contributed by atoms with Gasteiger partial charge in [0.2, 0.25) is 11.8 Å². The van der Waals surface area contributed by atoms with Crippen molar-refractivity contribution in [2.45, 2.75) is 19.4 Å². The van der Waals surface area contributed by atoms with Crippen LogP contribution in [0.4, 0.5) is 5.82 Å². The maximum atomic E-state index is 12.7. The highest BCUT2D eigenvalue weighted by Gasteiger charge is 2.26. The first-order chi connectivity index (χ1) is 15.7. The fraction of sp³-hybridized carbons (Fsp3) is 0.400. The molecule has 4 rings (SSSR count). The number of pyridine rings is 1. The third-order valence-corrected chi connectivity index (χ3v) is 6.01. The van der Waals surface area contributed by atoms with E-state index in [1.165, 1.54) is 0 Å². The second-order valence-corrected chi connectivity index (χ2v) is 8.18. The van der Waals surface area contributed by atoms with Gasteiger partial charge in [0, 0.05) is 50.9 Å².